The van der Waals surface area contributed by atoms with Gasteiger partial charge in [0.2, 0.25) is 5.91 Å². The molecule has 0 bridgehead atoms. The molecule has 1 heterocycles. The molecule has 0 spiro atoms. The summed E-state index contributed by atoms with van der Waals surface area (Å²) >= 11 is 0. The number of carboxylic acids is 1. The van der Waals surface area contributed by atoms with E-state index in [0.29, 0.717) is 25.8 Å². The number of amides is 1. The topological polar surface area (TPSA) is 83.6 Å². The standard InChI is InChI=1S/C21H26N2O4/c1-23(20(24)16-9-5-10-17(13-16)21(25)26)12-6-11-18-14-19(22-27-18)15-7-3-2-4-8-15/h2-4,7-8,14,16-17H,5-6,9-13H2,1H3,(H,25,26). The Kier molecular flexibility index (Phi) is 6.27. The Balaban J connectivity index is 1.47. The first-order valence-electron chi connectivity index (χ1n) is 9.53. The number of hydrogen-bond donors (Lipinski definition) is 1. The van der Waals surface area contributed by atoms with E-state index in [0.717, 1.165) is 36.3 Å². The number of nitrogens with zero attached hydrogens (tertiary/aromatic N) is 2. The number of carbonyl (C=O) groups excluding carboxylic acids is 1. The summed E-state index contributed by atoms with van der Waals surface area (Å²) in [4.78, 5) is 25.5. The first-order valence-corrected chi connectivity index (χ1v) is 9.53. The van der Waals surface area contributed by atoms with Crippen LogP contribution in [0.3, 0.4) is 0 Å². The Labute approximate surface area is 159 Å². The van der Waals surface area contributed by atoms with E-state index in [4.69, 9.17) is 4.52 Å². The number of carboxylic acid groups (broad SMARTS) is 1. The highest BCUT2D eigenvalue weighted by atomic mass is 16.5. The second-order valence-electron chi connectivity index (χ2n) is 7.31. The maximum Gasteiger partial charge on any atom is 0.306 e. The van der Waals surface area contributed by atoms with Crippen molar-refractivity contribution in [1.29, 1.82) is 0 Å². The number of hydrogen-bond acceptors (Lipinski definition) is 4. The zero-order valence-electron chi connectivity index (χ0n) is 15.6. The number of rotatable bonds is 7. The van der Waals surface area contributed by atoms with Gasteiger partial charge in [-0.3, -0.25) is 9.59 Å². The van der Waals surface area contributed by atoms with Crippen molar-refractivity contribution in [2.24, 2.45) is 11.8 Å². The molecule has 144 valence electrons. The van der Waals surface area contributed by atoms with Gasteiger partial charge in [0, 0.05) is 37.6 Å². The summed E-state index contributed by atoms with van der Waals surface area (Å²) in [6.45, 7) is 0.619. The second-order valence-corrected chi connectivity index (χ2v) is 7.31. The number of benzene rings is 1. The fourth-order valence-corrected chi connectivity index (χ4v) is 3.73. The minimum absolute atomic E-state index is 0.0588. The molecule has 1 fully saturated rings. The molecule has 0 saturated heterocycles. The Morgan fingerprint density at radius 2 is 1.96 bits per heavy atom. The van der Waals surface area contributed by atoms with Crippen LogP contribution in [0.15, 0.2) is 40.9 Å². The lowest BCUT2D eigenvalue weighted by Crippen LogP contribution is -2.37. The molecule has 1 amide bonds. The zero-order chi connectivity index (χ0) is 19.2. The van der Waals surface area contributed by atoms with E-state index in [9.17, 15) is 14.7 Å². The van der Waals surface area contributed by atoms with Gasteiger partial charge in [0.05, 0.1) is 5.92 Å². The smallest absolute Gasteiger partial charge is 0.306 e. The van der Waals surface area contributed by atoms with E-state index < -0.39 is 5.97 Å². The molecule has 1 aliphatic rings. The van der Waals surface area contributed by atoms with Crippen LogP contribution in [0.2, 0.25) is 0 Å². The van der Waals surface area contributed by atoms with Gasteiger partial charge in [-0.2, -0.15) is 0 Å². The first kappa shape index (κ1) is 19.1. The van der Waals surface area contributed by atoms with Crippen LogP contribution in [-0.4, -0.2) is 40.6 Å². The minimum atomic E-state index is -0.783. The molecular formula is C21H26N2O4. The molecule has 2 aromatic rings. The molecule has 1 aromatic carbocycles. The fraction of sp³-hybridized carbons (Fsp3) is 0.476. The second kappa shape index (κ2) is 8.84. The molecule has 1 saturated carbocycles. The van der Waals surface area contributed by atoms with Crippen LogP contribution < -0.4 is 0 Å². The van der Waals surface area contributed by atoms with Gasteiger partial charge >= 0.3 is 5.97 Å². The lowest BCUT2D eigenvalue weighted by molar-refractivity contribution is -0.145. The van der Waals surface area contributed by atoms with Gasteiger partial charge in [-0.15, -0.1) is 0 Å². The van der Waals surface area contributed by atoms with E-state index in [1.807, 2.05) is 36.4 Å². The highest BCUT2D eigenvalue weighted by molar-refractivity contribution is 5.80. The van der Waals surface area contributed by atoms with Crippen molar-refractivity contribution in [3.8, 4) is 11.3 Å². The maximum atomic E-state index is 12.6. The number of aliphatic carboxylic acids is 1. The van der Waals surface area contributed by atoms with Crippen LogP contribution in [0.5, 0.6) is 0 Å². The van der Waals surface area contributed by atoms with E-state index in [1.54, 1.807) is 11.9 Å². The van der Waals surface area contributed by atoms with E-state index >= 15 is 0 Å². The van der Waals surface area contributed by atoms with Gasteiger partial charge in [0.25, 0.3) is 0 Å². The van der Waals surface area contributed by atoms with E-state index in [-0.39, 0.29) is 17.7 Å². The van der Waals surface area contributed by atoms with Gasteiger partial charge in [-0.25, -0.2) is 0 Å². The molecule has 2 unspecified atom stereocenters. The summed E-state index contributed by atoms with van der Waals surface area (Å²) in [6.07, 6.45) is 4.22. The van der Waals surface area contributed by atoms with Crippen LogP contribution in [0.1, 0.15) is 37.9 Å². The summed E-state index contributed by atoms with van der Waals surface area (Å²) in [5, 5.41) is 13.3. The average Bonchev–Trinajstić information content (AvgIpc) is 3.17. The number of aromatic nitrogens is 1. The third-order valence-corrected chi connectivity index (χ3v) is 5.29. The normalized spacial score (nSPS) is 19.6. The average molecular weight is 370 g/mol. The summed E-state index contributed by atoms with van der Waals surface area (Å²) < 4.78 is 5.40. The fourth-order valence-electron chi connectivity index (χ4n) is 3.73. The Bertz CT molecular complexity index is 771. The van der Waals surface area contributed by atoms with Crippen molar-refractivity contribution >= 4 is 11.9 Å². The molecule has 1 aromatic heterocycles. The lowest BCUT2D eigenvalue weighted by atomic mass is 9.81. The van der Waals surface area contributed by atoms with Gasteiger partial charge < -0.3 is 14.5 Å². The molecule has 0 aliphatic heterocycles. The van der Waals surface area contributed by atoms with Crippen LogP contribution in [0, 0.1) is 11.8 Å². The summed E-state index contributed by atoms with van der Waals surface area (Å²) in [5.41, 5.74) is 1.84. The van der Waals surface area contributed by atoms with Crippen molar-refractivity contribution in [1.82, 2.24) is 10.1 Å². The SMILES string of the molecule is CN(CCCc1cc(-c2ccccc2)no1)C(=O)C1CCCC(C(=O)O)C1. The van der Waals surface area contributed by atoms with Crippen molar-refractivity contribution < 1.29 is 19.2 Å². The molecule has 6 nitrogen and oxygen atoms in total. The quantitative estimate of drug-likeness (QED) is 0.805. The third-order valence-electron chi connectivity index (χ3n) is 5.29. The van der Waals surface area contributed by atoms with Crippen molar-refractivity contribution in [3.05, 3.63) is 42.2 Å². The monoisotopic (exact) mass is 370 g/mol. The molecule has 1 N–H and O–H groups in total. The van der Waals surface area contributed by atoms with Gasteiger partial charge in [0.15, 0.2) is 0 Å². The van der Waals surface area contributed by atoms with Gasteiger partial charge in [0.1, 0.15) is 11.5 Å². The van der Waals surface area contributed by atoms with Crippen LogP contribution in [-0.2, 0) is 16.0 Å². The molecule has 27 heavy (non-hydrogen) atoms. The molecule has 1 aliphatic carbocycles. The summed E-state index contributed by atoms with van der Waals surface area (Å²) in [6, 6.07) is 11.8. The molecule has 6 heteroatoms. The highest BCUT2D eigenvalue weighted by Gasteiger charge is 2.32. The van der Waals surface area contributed by atoms with Crippen molar-refractivity contribution in [2.75, 3.05) is 13.6 Å². The van der Waals surface area contributed by atoms with Crippen molar-refractivity contribution in [3.63, 3.8) is 0 Å². The largest absolute Gasteiger partial charge is 0.481 e. The third kappa shape index (κ3) is 4.96. The number of aryl methyl sites for hydroxylation is 1. The lowest BCUT2D eigenvalue weighted by Gasteiger charge is -2.29. The molecule has 2 atom stereocenters. The zero-order valence-corrected chi connectivity index (χ0v) is 15.6. The molecule has 0 radical (unpaired) electrons. The predicted molar refractivity (Wildman–Crippen MR) is 101 cm³/mol. The Morgan fingerprint density at radius 3 is 2.70 bits per heavy atom. The highest BCUT2D eigenvalue weighted by Crippen LogP contribution is 2.30. The summed E-state index contributed by atoms with van der Waals surface area (Å²) in [7, 11) is 1.79. The first-order chi connectivity index (χ1) is 13.0. The van der Waals surface area contributed by atoms with E-state index in [2.05, 4.69) is 5.16 Å². The van der Waals surface area contributed by atoms with Gasteiger partial charge in [-0.1, -0.05) is 41.9 Å². The molecule has 3 rings (SSSR count). The van der Waals surface area contributed by atoms with Crippen LogP contribution >= 0.6 is 0 Å². The van der Waals surface area contributed by atoms with Gasteiger partial charge in [-0.05, 0) is 25.7 Å². The van der Waals surface area contributed by atoms with E-state index in [1.165, 1.54) is 0 Å². The van der Waals surface area contributed by atoms with Crippen LogP contribution in [0.4, 0.5) is 0 Å². The predicted octanol–water partition coefficient (Wildman–Crippen LogP) is 3.62. The minimum Gasteiger partial charge on any atom is -0.481 e. The Hall–Kier alpha value is -2.63. The molecular weight excluding hydrogens is 344 g/mol. The Morgan fingerprint density at radius 1 is 1.22 bits per heavy atom. The summed E-state index contributed by atoms with van der Waals surface area (Å²) in [5.74, 6) is -0.469. The maximum absolute atomic E-state index is 12.6. The van der Waals surface area contributed by atoms with Crippen molar-refractivity contribution in [2.45, 2.75) is 38.5 Å². The number of carbonyl (C=O) groups is 2. The van der Waals surface area contributed by atoms with Crippen LogP contribution in [0.25, 0.3) is 11.3 Å².